The highest BCUT2D eigenvalue weighted by Gasteiger charge is 2.29. The minimum atomic E-state index is -0.239. The summed E-state index contributed by atoms with van der Waals surface area (Å²) in [5.41, 5.74) is 1.85. The summed E-state index contributed by atoms with van der Waals surface area (Å²) in [7, 11) is 0. The molecule has 2 atom stereocenters. The number of amides is 1. The molecule has 1 aliphatic rings. The molecule has 2 rings (SSSR count). The molecule has 0 saturated carbocycles. The summed E-state index contributed by atoms with van der Waals surface area (Å²) >= 11 is 0. The van der Waals surface area contributed by atoms with Gasteiger partial charge >= 0.3 is 0 Å². The van der Waals surface area contributed by atoms with Crippen molar-refractivity contribution in [2.45, 2.75) is 39.8 Å². The standard InChI is InChI=1S/C15H22N2O2/c1-5-16-14-12-7-6-11(19-10(4)9(2)3)8-13(12)17-15(14)18/h6-10,14,16H,5H2,1-4H3,(H,17,18). The highest BCUT2D eigenvalue weighted by Crippen LogP contribution is 2.34. The number of carbonyl (C=O) groups is 1. The van der Waals surface area contributed by atoms with Crippen LogP contribution in [0.4, 0.5) is 5.69 Å². The zero-order valence-corrected chi connectivity index (χ0v) is 12.0. The quantitative estimate of drug-likeness (QED) is 0.858. The van der Waals surface area contributed by atoms with E-state index in [2.05, 4.69) is 31.4 Å². The smallest absolute Gasteiger partial charge is 0.246 e. The Morgan fingerprint density at radius 2 is 2.11 bits per heavy atom. The molecule has 0 aliphatic carbocycles. The second kappa shape index (κ2) is 5.61. The fourth-order valence-electron chi connectivity index (χ4n) is 2.07. The molecule has 0 fully saturated rings. The summed E-state index contributed by atoms with van der Waals surface area (Å²) < 4.78 is 5.86. The Labute approximate surface area is 114 Å². The van der Waals surface area contributed by atoms with Gasteiger partial charge in [-0.25, -0.2) is 0 Å². The third-order valence-corrected chi connectivity index (χ3v) is 3.52. The second-order valence-corrected chi connectivity index (χ2v) is 5.30. The maximum Gasteiger partial charge on any atom is 0.246 e. The average molecular weight is 262 g/mol. The Hall–Kier alpha value is -1.55. The normalized spacial score (nSPS) is 19.2. The number of fused-ring (bicyclic) bond motifs is 1. The summed E-state index contributed by atoms with van der Waals surface area (Å²) in [6, 6.07) is 5.56. The molecule has 0 aromatic heterocycles. The molecule has 4 heteroatoms. The van der Waals surface area contributed by atoms with Crippen LogP contribution in [0.15, 0.2) is 18.2 Å². The van der Waals surface area contributed by atoms with Crippen LogP contribution in [-0.2, 0) is 4.79 Å². The van der Waals surface area contributed by atoms with Crippen LogP contribution in [0, 0.1) is 5.92 Å². The first kappa shape index (κ1) is 13.9. The highest BCUT2D eigenvalue weighted by atomic mass is 16.5. The van der Waals surface area contributed by atoms with Crippen molar-refractivity contribution in [1.82, 2.24) is 5.32 Å². The largest absolute Gasteiger partial charge is 0.490 e. The van der Waals surface area contributed by atoms with Gasteiger partial charge in [0.1, 0.15) is 11.8 Å². The fourth-order valence-corrected chi connectivity index (χ4v) is 2.07. The first-order valence-corrected chi connectivity index (χ1v) is 6.87. The number of rotatable bonds is 5. The molecular formula is C15H22N2O2. The van der Waals surface area contributed by atoms with E-state index in [1.807, 2.05) is 25.1 Å². The third-order valence-electron chi connectivity index (χ3n) is 3.52. The van der Waals surface area contributed by atoms with Crippen LogP contribution in [0.5, 0.6) is 5.75 Å². The van der Waals surface area contributed by atoms with Gasteiger partial charge in [-0.1, -0.05) is 26.8 Å². The van der Waals surface area contributed by atoms with E-state index in [-0.39, 0.29) is 18.1 Å². The molecule has 19 heavy (non-hydrogen) atoms. The molecule has 0 saturated heterocycles. The molecule has 0 radical (unpaired) electrons. The Kier molecular flexibility index (Phi) is 4.10. The van der Waals surface area contributed by atoms with Gasteiger partial charge in [-0.05, 0) is 25.5 Å². The van der Waals surface area contributed by atoms with Crippen molar-refractivity contribution < 1.29 is 9.53 Å². The van der Waals surface area contributed by atoms with E-state index in [1.54, 1.807) is 0 Å². The zero-order chi connectivity index (χ0) is 14.0. The molecule has 1 heterocycles. The van der Waals surface area contributed by atoms with Crippen LogP contribution >= 0.6 is 0 Å². The average Bonchev–Trinajstić information content (AvgIpc) is 2.65. The Balaban J connectivity index is 2.17. The van der Waals surface area contributed by atoms with E-state index in [0.717, 1.165) is 23.5 Å². The van der Waals surface area contributed by atoms with Gasteiger partial charge < -0.3 is 15.4 Å². The van der Waals surface area contributed by atoms with Crippen molar-refractivity contribution >= 4 is 11.6 Å². The number of benzene rings is 1. The lowest BCUT2D eigenvalue weighted by Gasteiger charge is -2.18. The van der Waals surface area contributed by atoms with Crippen molar-refractivity contribution in [3.8, 4) is 5.75 Å². The van der Waals surface area contributed by atoms with Gasteiger partial charge in [-0.2, -0.15) is 0 Å². The van der Waals surface area contributed by atoms with Crippen LogP contribution in [0.25, 0.3) is 0 Å². The van der Waals surface area contributed by atoms with Crippen molar-refractivity contribution in [2.24, 2.45) is 5.92 Å². The Morgan fingerprint density at radius 3 is 2.74 bits per heavy atom. The first-order valence-electron chi connectivity index (χ1n) is 6.87. The number of hydrogen-bond acceptors (Lipinski definition) is 3. The van der Waals surface area contributed by atoms with Crippen LogP contribution in [0.3, 0.4) is 0 Å². The Morgan fingerprint density at radius 1 is 1.37 bits per heavy atom. The zero-order valence-electron chi connectivity index (χ0n) is 12.0. The number of nitrogens with one attached hydrogen (secondary N) is 2. The highest BCUT2D eigenvalue weighted by molar-refractivity contribution is 6.02. The summed E-state index contributed by atoms with van der Waals surface area (Å²) in [6.45, 7) is 9.06. The van der Waals surface area contributed by atoms with E-state index < -0.39 is 0 Å². The van der Waals surface area contributed by atoms with E-state index in [0.29, 0.717) is 5.92 Å². The van der Waals surface area contributed by atoms with E-state index >= 15 is 0 Å². The topological polar surface area (TPSA) is 50.4 Å². The number of carbonyl (C=O) groups excluding carboxylic acids is 1. The van der Waals surface area contributed by atoms with Crippen LogP contribution in [-0.4, -0.2) is 18.6 Å². The summed E-state index contributed by atoms with van der Waals surface area (Å²) in [5, 5.41) is 6.07. The van der Waals surface area contributed by atoms with Gasteiger partial charge in [0.05, 0.1) is 6.10 Å². The van der Waals surface area contributed by atoms with E-state index in [9.17, 15) is 4.79 Å². The maximum absolute atomic E-state index is 11.8. The lowest BCUT2D eigenvalue weighted by Crippen LogP contribution is -2.27. The van der Waals surface area contributed by atoms with Gasteiger partial charge in [0.25, 0.3) is 0 Å². The van der Waals surface area contributed by atoms with Crippen molar-refractivity contribution in [2.75, 3.05) is 11.9 Å². The van der Waals surface area contributed by atoms with Gasteiger partial charge in [0.15, 0.2) is 0 Å². The van der Waals surface area contributed by atoms with Crippen LogP contribution in [0.1, 0.15) is 39.3 Å². The first-order chi connectivity index (χ1) is 9.02. The molecule has 104 valence electrons. The maximum atomic E-state index is 11.8. The molecule has 1 aromatic rings. The SMILES string of the molecule is CCNC1C(=O)Nc2cc(OC(C)C(C)C)ccc21. The van der Waals surface area contributed by atoms with Crippen molar-refractivity contribution in [3.05, 3.63) is 23.8 Å². The van der Waals surface area contributed by atoms with Gasteiger partial charge in [-0.3, -0.25) is 4.79 Å². The second-order valence-electron chi connectivity index (χ2n) is 5.30. The van der Waals surface area contributed by atoms with E-state index in [4.69, 9.17) is 4.74 Å². The molecule has 2 N–H and O–H groups in total. The summed E-state index contributed by atoms with van der Waals surface area (Å²) in [5.74, 6) is 1.26. The number of ether oxygens (including phenoxy) is 1. The lowest BCUT2D eigenvalue weighted by atomic mass is 10.1. The lowest BCUT2D eigenvalue weighted by molar-refractivity contribution is -0.117. The molecular weight excluding hydrogens is 240 g/mol. The van der Waals surface area contributed by atoms with Crippen LogP contribution < -0.4 is 15.4 Å². The van der Waals surface area contributed by atoms with Crippen molar-refractivity contribution in [3.63, 3.8) is 0 Å². The molecule has 0 bridgehead atoms. The number of likely N-dealkylation sites (N-methyl/N-ethyl adjacent to an activating group) is 1. The predicted octanol–water partition coefficient (Wildman–Crippen LogP) is 2.71. The number of anilines is 1. The molecule has 2 unspecified atom stereocenters. The van der Waals surface area contributed by atoms with Crippen LogP contribution in [0.2, 0.25) is 0 Å². The predicted molar refractivity (Wildman–Crippen MR) is 76.4 cm³/mol. The molecule has 1 aromatic carbocycles. The molecule has 1 amide bonds. The Bertz CT molecular complexity index is 471. The summed E-state index contributed by atoms with van der Waals surface area (Å²) in [4.78, 5) is 11.8. The van der Waals surface area contributed by atoms with Gasteiger partial charge in [-0.15, -0.1) is 0 Å². The monoisotopic (exact) mass is 262 g/mol. The number of hydrogen-bond donors (Lipinski definition) is 2. The van der Waals surface area contributed by atoms with E-state index in [1.165, 1.54) is 0 Å². The minimum Gasteiger partial charge on any atom is -0.490 e. The third kappa shape index (κ3) is 2.89. The molecule has 0 spiro atoms. The summed E-state index contributed by atoms with van der Waals surface area (Å²) in [6.07, 6.45) is 0.153. The van der Waals surface area contributed by atoms with Gasteiger partial charge in [0, 0.05) is 17.3 Å². The fraction of sp³-hybridized carbons (Fsp3) is 0.533. The van der Waals surface area contributed by atoms with Gasteiger partial charge in [0.2, 0.25) is 5.91 Å². The molecule has 1 aliphatic heterocycles. The van der Waals surface area contributed by atoms with Crippen molar-refractivity contribution in [1.29, 1.82) is 0 Å². The molecule has 4 nitrogen and oxygen atoms in total. The minimum absolute atomic E-state index is 0.00547.